The van der Waals surface area contributed by atoms with Crippen molar-refractivity contribution in [2.24, 2.45) is 0 Å². The fraction of sp³-hybridized carbons (Fsp3) is 0.200. The number of nitrogens with zero attached hydrogens (tertiary/aromatic N) is 1. The lowest BCUT2D eigenvalue weighted by molar-refractivity contribution is -0.386. The van der Waals surface area contributed by atoms with Gasteiger partial charge < -0.3 is 9.47 Å². The van der Waals surface area contributed by atoms with Gasteiger partial charge in [0.05, 0.1) is 4.92 Å². The first-order valence-electron chi connectivity index (χ1n) is 6.37. The number of nitro groups is 1. The predicted molar refractivity (Wildman–Crippen MR) is 75.2 cm³/mol. The van der Waals surface area contributed by atoms with Crippen LogP contribution in [-0.2, 0) is 6.61 Å². The summed E-state index contributed by atoms with van der Waals surface area (Å²) in [4.78, 5) is 10.4. The number of nitro benzene ring substituents is 1. The molecule has 0 atom stereocenters. The van der Waals surface area contributed by atoms with Gasteiger partial charge in [0.15, 0.2) is 5.75 Å². The molecule has 5 nitrogen and oxygen atoms in total. The Morgan fingerprint density at radius 3 is 2.45 bits per heavy atom. The van der Waals surface area contributed by atoms with E-state index in [0.717, 1.165) is 5.56 Å². The molecule has 0 aliphatic carbocycles. The summed E-state index contributed by atoms with van der Waals surface area (Å²) >= 11 is 0. The lowest BCUT2D eigenvalue weighted by atomic mass is 10.2. The van der Waals surface area contributed by atoms with E-state index in [9.17, 15) is 18.9 Å². The standard InChI is InChI=1S/C15H13F2NO4/c1-10-2-7-13(18(19)20)14(8-10)21-9-11-3-5-12(6-4-11)22-15(16)17/h2-8,15H,9H2,1H3. The maximum Gasteiger partial charge on any atom is 0.387 e. The molecule has 0 aliphatic rings. The molecule has 0 unspecified atom stereocenters. The molecule has 0 saturated carbocycles. The second-order valence-electron chi connectivity index (χ2n) is 4.54. The van der Waals surface area contributed by atoms with Gasteiger partial charge in [0.1, 0.15) is 12.4 Å². The van der Waals surface area contributed by atoms with Gasteiger partial charge in [0.2, 0.25) is 0 Å². The van der Waals surface area contributed by atoms with Crippen LogP contribution in [0.4, 0.5) is 14.5 Å². The molecule has 0 N–H and O–H groups in total. The molecule has 2 aromatic rings. The van der Waals surface area contributed by atoms with Crippen molar-refractivity contribution < 1.29 is 23.2 Å². The minimum Gasteiger partial charge on any atom is -0.482 e. The van der Waals surface area contributed by atoms with E-state index in [1.54, 1.807) is 31.2 Å². The smallest absolute Gasteiger partial charge is 0.387 e. The Morgan fingerprint density at radius 1 is 1.18 bits per heavy atom. The molecule has 0 amide bonds. The lowest BCUT2D eigenvalue weighted by Gasteiger charge is -2.09. The van der Waals surface area contributed by atoms with Crippen molar-refractivity contribution in [3.8, 4) is 11.5 Å². The second kappa shape index (κ2) is 6.84. The predicted octanol–water partition coefficient (Wildman–Crippen LogP) is 4.08. The summed E-state index contributed by atoms with van der Waals surface area (Å²) in [5.41, 5.74) is 1.39. The van der Waals surface area contributed by atoms with Crippen LogP contribution in [0, 0.1) is 17.0 Å². The summed E-state index contributed by atoms with van der Waals surface area (Å²) in [6.07, 6.45) is 0. The molecule has 0 radical (unpaired) electrons. The van der Waals surface area contributed by atoms with E-state index < -0.39 is 11.5 Å². The number of rotatable bonds is 6. The van der Waals surface area contributed by atoms with E-state index in [-0.39, 0.29) is 23.8 Å². The minimum absolute atomic E-state index is 0.0419. The van der Waals surface area contributed by atoms with Gasteiger partial charge in [0.25, 0.3) is 0 Å². The highest BCUT2D eigenvalue weighted by Gasteiger charge is 2.15. The number of ether oxygens (including phenoxy) is 2. The highest BCUT2D eigenvalue weighted by molar-refractivity contribution is 5.48. The summed E-state index contributed by atoms with van der Waals surface area (Å²) in [5, 5.41) is 10.9. The van der Waals surface area contributed by atoms with E-state index in [2.05, 4.69) is 4.74 Å². The van der Waals surface area contributed by atoms with Gasteiger partial charge in [-0.25, -0.2) is 0 Å². The first-order chi connectivity index (χ1) is 10.5. The van der Waals surface area contributed by atoms with Crippen molar-refractivity contribution in [1.29, 1.82) is 0 Å². The van der Waals surface area contributed by atoms with Gasteiger partial charge in [-0.1, -0.05) is 18.2 Å². The number of hydrogen-bond donors (Lipinski definition) is 0. The largest absolute Gasteiger partial charge is 0.482 e. The molecule has 116 valence electrons. The van der Waals surface area contributed by atoms with Gasteiger partial charge in [-0.2, -0.15) is 8.78 Å². The zero-order chi connectivity index (χ0) is 16.1. The maximum atomic E-state index is 12.0. The Kier molecular flexibility index (Phi) is 4.88. The molecule has 0 saturated heterocycles. The van der Waals surface area contributed by atoms with Crippen LogP contribution in [0.25, 0.3) is 0 Å². The summed E-state index contributed by atoms with van der Waals surface area (Å²) in [7, 11) is 0. The number of hydrogen-bond acceptors (Lipinski definition) is 4. The van der Waals surface area contributed by atoms with Crippen LogP contribution < -0.4 is 9.47 Å². The Bertz CT molecular complexity index is 659. The third kappa shape index (κ3) is 4.15. The molecule has 22 heavy (non-hydrogen) atoms. The quantitative estimate of drug-likeness (QED) is 0.596. The zero-order valence-electron chi connectivity index (χ0n) is 11.7. The van der Waals surface area contributed by atoms with E-state index in [0.29, 0.717) is 5.56 Å². The van der Waals surface area contributed by atoms with Crippen LogP contribution in [0.1, 0.15) is 11.1 Å². The summed E-state index contributed by atoms with van der Waals surface area (Å²) in [5.74, 6) is 0.207. The van der Waals surface area contributed by atoms with Crippen LogP contribution in [0.5, 0.6) is 11.5 Å². The van der Waals surface area contributed by atoms with Crippen LogP contribution in [0.15, 0.2) is 42.5 Å². The van der Waals surface area contributed by atoms with Crippen molar-refractivity contribution in [1.82, 2.24) is 0 Å². The SMILES string of the molecule is Cc1ccc([N+](=O)[O-])c(OCc2ccc(OC(F)F)cc2)c1. The lowest BCUT2D eigenvalue weighted by Crippen LogP contribution is -2.02. The second-order valence-corrected chi connectivity index (χ2v) is 4.54. The Labute approximate surface area is 125 Å². The topological polar surface area (TPSA) is 61.6 Å². The third-order valence-electron chi connectivity index (χ3n) is 2.85. The van der Waals surface area contributed by atoms with Gasteiger partial charge in [0, 0.05) is 6.07 Å². The highest BCUT2D eigenvalue weighted by Crippen LogP contribution is 2.28. The van der Waals surface area contributed by atoms with Crippen LogP contribution in [-0.4, -0.2) is 11.5 Å². The summed E-state index contributed by atoms with van der Waals surface area (Å²) in [6, 6.07) is 10.5. The molecular weight excluding hydrogens is 296 g/mol. The monoisotopic (exact) mass is 309 g/mol. The van der Waals surface area contributed by atoms with E-state index in [4.69, 9.17) is 4.74 Å². The fourth-order valence-corrected chi connectivity index (χ4v) is 1.82. The molecule has 0 heterocycles. The van der Waals surface area contributed by atoms with E-state index >= 15 is 0 Å². The Balaban J connectivity index is 2.07. The van der Waals surface area contributed by atoms with Crippen molar-refractivity contribution in [2.45, 2.75) is 20.1 Å². The Hall–Kier alpha value is -2.70. The summed E-state index contributed by atoms with van der Waals surface area (Å²) in [6.45, 7) is -0.996. The fourth-order valence-electron chi connectivity index (χ4n) is 1.82. The molecule has 0 bridgehead atoms. The molecule has 0 aromatic heterocycles. The number of benzene rings is 2. The van der Waals surface area contributed by atoms with Crippen LogP contribution in [0.2, 0.25) is 0 Å². The highest BCUT2D eigenvalue weighted by atomic mass is 19.3. The van der Waals surface area contributed by atoms with Gasteiger partial charge in [-0.3, -0.25) is 10.1 Å². The number of alkyl halides is 2. The van der Waals surface area contributed by atoms with E-state index in [1.807, 2.05) is 0 Å². The number of halogens is 2. The van der Waals surface area contributed by atoms with Crippen LogP contribution in [0.3, 0.4) is 0 Å². The zero-order valence-corrected chi connectivity index (χ0v) is 11.7. The molecule has 0 spiro atoms. The molecule has 7 heteroatoms. The minimum atomic E-state index is -2.88. The van der Waals surface area contributed by atoms with E-state index in [1.165, 1.54) is 18.2 Å². The first-order valence-corrected chi connectivity index (χ1v) is 6.37. The third-order valence-corrected chi connectivity index (χ3v) is 2.85. The Morgan fingerprint density at radius 2 is 1.86 bits per heavy atom. The van der Waals surface area contributed by atoms with Crippen molar-refractivity contribution in [3.05, 3.63) is 63.7 Å². The molecular formula is C15H13F2NO4. The molecule has 0 fully saturated rings. The normalized spacial score (nSPS) is 10.5. The van der Waals surface area contributed by atoms with Crippen molar-refractivity contribution in [2.75, 3.05) is 0 Å². The van der Waals surface area contributed by atoms with Gasteiger partial charge >= 0.3 is 12.3 Å². The molecule has 2 aromatic carbocycles. The average Bonchev–Trinajstić information content (AvgIpc) is 2.45. The van der Waals surface area contributed by atoms with Crippen LogP contribution >= 0.6 is 0 Å². The van der Waals surface area contributed by atoms with Crippen molar-refractivity contribution in [3.63, 3.8) is 0 Å². The summed E-state index contributed by atoms with van der Waals surface area (Å²) < 4.78 is 33.8. The van der Waals surface area contributed by atoms with Gasteiger partial charge in [-0.15, -0.1) is 0 Å². The maximum absolute atomic E-state index is 12.0. The van der Waals surface area contributed by atoms with Crippen molar-refractivity contribution >= 4 is 5.69 Å². The average molecular weight is 309 g/mol. The number of aryl methyl sites for hydroxylation is 1. The molecule has 2 rings (SSSR count). The molecule has 0 aliphatic heterocycles. The van der Waals surface area contributed by atoms with Gasteiger partial charge in [-0.05, 0) is 36.2 Å². The first kappa shape index (κ1) is 15.7.